The molecule has 0 saturated carbocycles. The van der Waals surface area contributed by atoms with Crippen molar-refractivity contribution in [3.8, 4) is 16.9 Å². The van der Waals surface area contributed by atoms with Crippen molar-refractivity contribution in [1.82, 2.24) is 15.6 Å². The van der Waals surface area contributed by atoms with Gasteiger partial charge in [-0.3, -0.25) is 14.4 Å². The Morgan fingerprint density at radius 3 is 2.18 bits per heavy atom. The van der Waals surface area contributed by atoms with E-state index in [0.29, 0.717) is 29.7 Å². The summed E-state index contributed by atoms with van der Waals surface area (Å²) in [5.41, 5.74) is 2.62. The molecule has 3 aromatic rings. The Morgan fingerprint density at radius 1 is 0.955 bits per heavy atom. The highest BCUT2D eigenvalue weighted by atomic mass is 19.4. The number of aliphatic carboxylic acids is 2. The number of rotatable bonds is 12. The third-order valence-electron chi connectivity index (χ3n) is 5.79. The number of benzene rings is 2. The maximum Gasteiger partial charge on any atom is 0.490 e. The first kappa shape index (κ1) is 35.0. The van der Waals surface area contributed by atoms with Crippen LogP contribution in [0.1, 0.15) is 36.4 Å². The standard InChI is InChI=1S/C27H29FN4O5.C2HF3O2/c1-17-10-12-30-24(13-17)29-11-2-3-25(34)31-16-26(35)32-22(15-27(36)37)19-6-4-18(5-7-19)21-9-8-20(28)14-23(21)33;3-2(4,5)1(6)7/h4-10,12-14,22,33H,2-3,11,15-16H2,1H3,(H,29,30)(H,31,34)(H,32,35)(H,36,37);(H,6,7). The monoisotopic (exact) mass is 622 g/mol. The van der Waals surface area contributed by atoms with Gasteiger partial charge in [-0.25, -0.2) is 14.2 Å². The van der Waals surface area contributed by atoms with Crippen LogP contribution >= 0.6 is 0 Å². The Morgan fingerprint density at radius 2 is 1.61 bits per heavy atom. The zero-order valence-corrected chi connectivity index (χ0v) is 23.3. The van der Waals surface area contributed by atoms with Crippen molar-refractivity contribution in [1.29, 1.82) is 0 Å². The first-order valence-corrected chi connectivity index (χ1v) is 13.0. The first-order chi connectivity index (χ1) is 20.6. The number of phenolic OH excluding ortho intramolecular Hbond substituents is 1. The van der Waals surface area contributed by atoms with Gasteiger partial charge in [0.05, 0.1) is 19.0 Å². The lowest BCUT2D eigenvalue weighted by molar-refractivity contribution is -0.192. The van der Waals surface area contributed by atoms with Gasteiger partial charge in [-0.2, -0.15) is 13.2 Å². The molecule has 3 rings (SSSR count). The number of aromatic nitrogens is 1. The number of hydrogen-bond donors (Lipinski definition) is 6. The number of carboxylic acids is 2. The van der Waals surface area contributed by atoms with Crippen LogP contribution < -0.4 is 16.0 Å². The molecule has 2 amide bonds. The number of nitrogens with one attached hydrogen (secondary N) is 3. The number of hydrogen-bond acceptors (Lipinski definition) is 7. The molecular formula is C29H30F4N4O7. The van der Waals surface area contributed by atoms with E-state index in [4.69, 9.17) is 9.90 Å². The number of pyridine rings is 1. The molecule has 0 aliphatic carbocycles. The van der Waals surface area contributed by atoms with Crippen LogP contribution in [0.15, 0.2) is 60.8 Å². The molecule has 1 atom stereocenters. The fraction of sp³-hybridized carbons (Fsp3) is 0.276. The van der Waals surface area contributed by atoms with E-state index >= 15 is 0 Å². The molecule has 0 spiro atoms. The Labute approximate surface area is 248 Å². The molecule has 0 aliphatic rings. The quantitative estimate of drug-likeness (QED) is 0.128. The number of alkyl halides is 3. The van der Waals surface area contributed by atoms with Crippen LogP contribution in [0.3, 0.4) is 0 Å². The molecule has 0 saturated heterocycles. The van der Waals surface area contributed by atoms with E-state index < -0.39 is 35.9 Å². The topological polar surface area (TPSA) is 178 Å². The van der Waals surface area contributed by atoms with E-state index in [9.17, 15) is 42.2 Å². The minimum absolute atomic E-state index is 0.211. The summed E-state index contributed by atoms with van der Waals surface area (Å²) in [6.45, 7) is 2.22. The van der Waals surface area contributed by atoms with Crippen molar-refractivity contribution in [2.75, 3.05) is 18.4 Å². The molecule has 11 nitrogen and oxygen atoms in total. The molecule has 0 radical (unpaired) electrons. The molecule has 1 heterocycles. The summed E-state index contributed by atoms with van der Waals surface area (Å²) in [6, 6.07) is 13.2. The van der Waals surface area contributed by atoms with Gasteiger partial charge >= 0.3 is 18.1 Å². The number of amides is 2. The minimum atomic E-state index is -5.08. The third-order valence-corrected chi connectivity index (χ3v) is 5.79. The Kier molecular flexibility index (Phi) is 13.1. The van der Waals surface area contributed by atoms with Gasteiger partial charge in [0.15, 0.2) is 0 Å². The molecule has 15 heteroatoms. The maximum absolute atomic E-state index is 13.3. The molecule has 44 heavy (non-hydrogen) atoms. The van der Waals surface area contributed by atoms with E-state index in [2.05, 4.69) is 20.9 Å². The lowest BCUT2D eigenvalue weighted by Crippen LogP contribution is -2.39. The molecule has 0 fully saturated rings. The van der Waals surface area contributed by atoms with E-state index in [1.54, 1.807) is 30.5 Å². The van der Waals surface area contributed by atoms with Crippen LogP contribution in [0.2, 0.25) is 0 Å². The largest absolute Gasteiger partial charge is 0.507 e. The number of phenols is 1. The van der Waals surface area contributed by atoms with Crippen LogP contribution in [0.25, 0.3) is 11.1 Å². The smallest absolute Gasteiger partial charge is 0.490 e. The minimum Gasteiger partial charge on any atom is -0.507 e. The summed E-state index contributed by atoms with van der Waals surface area (Å²) < 4.78 is 45.0. The number of aryl methyl sites for hydroxylation is 1. The predicted molar refractivity (Wildman–Crippen MR) is 150 cm³/mol. The number of halogens is 4. The number of carboxylic acid groups (broad SMARTS) is 2. The Bertz CT molecular complexity index is 1450. The fourth-order valence-corrected chi connectivity index (χ4v) is 3.68. The predicted octanol–water partition coefficient (Wildman–Crippen LogP) is 4.18. The summed E-state index contributed by atoms with van der Waals surface area (Å²) >= 11 is 0. The van der Waals surface area contributed by atoms with Crippen LogP contribution in [0, 0.1) is 12.7 Å². The third kappa shape index (κ3) is 12.3. The van der Waals surface area contributed by atoms with Crippen LogP contribution in [0.4, 0.5) is 23.4 Å². The summed E-state index contributed by atoms with van der Waals surface area (Å²) in [5, 5.41) is 34.7. The first-order valence-electron chi connectivity index (χ1n) is 13.0. The second-order valence-electron chi connectivity index (χ2n) is 9.33. The van der Waals surface area contributed by atoms with Gasteiger partial charge in [0, 0.05) is 30.8 Å². The maximum atomic E-state index is 13.3. The van der Waals surface area contributed by atoms with Gasteiger partial charge < -0.3 is 31.3 Å². The van der Waals surface area contributed by atoms with Gasteiger partial charge in [-0.1, -0.05) is 24.3 Å². The van der Waals surface area contributed by atoms with Crippen LogP contribution in [0.5, 0.6) is 5.75 Å². The SMILES string of the molecule is Cc1ccnc(NCCCC(=O)NCC(=O)NC(CC(=O)O)c2ccc(-c3ccc(F)cc3O)cc2)c1.O=C(O)C(F)(F)F. The number of nitrogens with zero attached hydrogens (tertiary/aromatic N) is 1. The summed E-state index contributed by atoms with van der Waals surface area (Å²) in [5.74, 6) is -4.74. The summed E-state index contributed by atoms with van der Waals surface area (Å²) in [6.07, 6.45) is -2.99. The van der Waals surface area contributed by atoms with Crippen molar-refractivity contribution in [2.24, 2.45) is 0 Å². The summed E-state index contributed by atoms with van der Waals surface area (Å²) in [4.78, 5) is 49.0. The molecule has 236 valence electrons. The highest BCUT2D eigenvalue weighted by Crippen LogP contribution is 2.31. The van der Waals surface area contributed by atoms with Crippen LogP contribution in [-0.4, -0.2) is 63.3 Å². The van der Waals surface area contributed by atoms with Gasteiger partial charge in [-0.05, 0) is 54.3 Å². The molecule has 0 aliphatic heterocycles. The highest BCUT2D eigenvalue weighted by Gasteiger charge is 2.38. The second kappa shape index (κ2) is 16.4. The normalized spacial score (nSPS) is 11.4. The summed E-state index contributed by atoms with van der Waals surface area (Å²) in [7, 11) is 0. The van der Waals surface area contributed by atoms with Crippen molar-refractivity contribution >= 4 is 29.6 Å². The van der Waals surface area contributed by atoms with Gasteiger partial charge in [0.2, 0.25) is 11.8 Å². The van der Waals surface area contributed by atoms with Gasteiger partial charge in [0.25, 0.3) is 0 Å². The van der Waals surface area contributed by atoms with Crippen molar-refractivity contribution in [2.45, 2.75) is 38.4 Å². The van der Waals surface area contributed by atoms with Crippen molar-refractivity contribution < 1.29 is 52.1 Å². The molecule has 2 aromatic carbocycles. The van der Waals surface area contributed by atoms with Crippen molar-refractivity contribution in [3.63, 3.8) is 0 Å². The number of aromatic hydroxyl groups is 1. The van der Waals surface area contributed by atoms with E-state index in [0.717, 1.165) is 17.4 Å². The van der Waals surface area contributed by atoms with E-state index in [1.807, 2.05) is 19.1 Å². The van der Waals surface area contributed by atoms with Crippen LogP contribution in [-0.2, 0) is 19.2 Å². The second-order valence-corrected chi connectivity index (χ2v) is 9.33. The zero-order chi connectivity index (χ0) is 32.9. The number of carbonyl (C=O) groups is 4. The fourth-order valence-electron chi connectivity index (χ4n) is 3.68. The zero-order valence-electron chi connectivity index (χ0n) is 23.3. The lowest BCUT2D eigenvalue weighted by Gasteiger charge is -2.18. The van der Waals surface area contributed by atoms with E-state index in [1.165, 1.54) is 12.1 Å². The van der Waals surface area contributed by atoms with E-state index in [-0.39, 0.29) is 31.0 Å². The molecule has 6 N–H and O–H groups in total. The molecule has 0 bridgehead atoms. The average Bonchev–Trinajstić information content (AvgIpc) is 2.94. The molecular weight excluding hydrogens is 592 g/mol. The highest BCUT2D eigenvalue weighted by molar-refractivity contribution is 5.85. The molecule has 1 aromatic heterocycles. The molecule has 1 unspecified atom stereocenters. The number of anilines is 1. The van der Waals surface area contributed by atoms with Gasteiger partial charge in [0.1, 0.15) is 17.4 Å². The average molecular weight is 623 g/mol. The Balaban J connectivity index is 0.000000860. The van der Waals surface area contributed by atoms with Crippen molar-refractivity contribution in [3.05, 3.63) is 77.7 Å². The number of carbonyl (C=O) groups excluding carboxylic acids is 2. The lowest BCUT2D eigenvalue weighted by atomic mass is 9.98. The van der Waals surface area contributed by atoms with Gasteiger partial charge in [-0.15, -0.1) is 0 Å². The Hall–Kier alpha value is -5.21.